The molecule has 0 atom stereocenters. The average Bonchev–Trinajstić information content (AvgIpc) is 3.14. The van der Waals surface area contributed by atoms with Gasteiger partial charge in [-0.2, -0.15) is 9.61 Å². The van der Waals surface area contributed by atoms with Crippen molar-refractivity contribution in [3.05, 3.63) is 63.6 Å². The van der Waals surface area contributed by atoms with Crippen molar-refractivity contribution in [1.82, 2.24) is 19.8 Å². The number of ether oxygens (including phenoxy) is 1. The van der Waals surface area contributed by atoms with E-state index in [1.54, 1.807) is 4.52 Å². The molecule has 0 amide bonds. The first-order valence-electron chi connectivity index (χ1n) is 7.36. The Hall–Kier alpha value is -2.25. The van der Waals surface area contributed by atoms with Gasteiger partial charge in [-0.15, -0.1) is 10.2 Å². The van der Waals surface area contributed by atoms with E-state index in [1.807, 2.05) is 55.5 Å². The van der Waals surface area contributed by atoms with Crippen molar-refractivity contribution in [1.29, 1.82) is 0 Å². The fourth-order valence-corrected chi connectivity index (χ4v) is 3.53. The number of benzene rings is 2. The summed E-state index contributed by atoms with van der Waals surface area (Å²) in [5.74, 6) is 1.60. The van der Waals surface area contributed by atoms with Crippen LogP contribution in [-0.2, 0) is 6.61 Å². The maximum absolute atomic E-state index is 5.87. The predicted octanol–water partition coefficient (Wildman–Crippen LogP) is 4.50. The second kappa shape index (κ2) is 6.33. The van der Waals surface area contributed by atoms with Crippen LogP contribution < -0.4 is 4.74 Å². The van der Waals surface area contributed by atoms with E-state index in [0.29, 0.717) is 6.61 Å². The van der Waals surface area contributed by atoms with Crippen LogP contribution in [-0.4, -0.2) is 19.8 Å². The molecule has 0 bridgehead atoms. The first-order valence-corrected chi connectivity index (χ1v) is 8.97. The van der Waals surface area contributed by atoms with Gasteiger partial charge in [0.1, 0.15) is 12.4 Å². The van der Waals surface area contributed by atoms with E-state index < -0.39 is 0 Å². The van der Waals surface area contributed by atoms with E-state index in [0.717, 1.165) is 37.1 Å². The van der Waals surface area contributed by atoms with Crippen molar-refractivity contribution in [3.63, 3.8) is 0 Å². The van der Waals surface area contributed by atoms with Gasteiger partial charge in [-0.1, -0.05) is 57.6 Å². The van der Waals surface area contributed by atoms with Crippen LogP contribution in [0.15, 0.2) is 53.0 Å². The van der Waals surface area contributed by atoms with E-state index in [-0.39, 0.29) is 0 Å². The molecule has 4 aromatic rings. The summed E-state index contributed by atoms with van der Waals surface area (Å²) in [6, 6.07) is 15.9. The molecule has 0 fully saturated rings. The Morgan fingerprint density at radius 3 is 2.83 bits per heavy atom. The molecule has 5 nitrogen and oxygen atoms in total. The van der Waals surface area contributed by atoms with E-state index >= 15 is 0 Å². The van der Waals surface area contributed by atoms with Crippen molar-refractivity contribution in [3.8, 4) is 17.1 Å². The zero-order valence-electron chi connectivity index (χ0n) is 12.8. The minimum absolute atomic E-state index is 0.413. The van der Waals surface area contributed by atoms with Gasteiger partial charge in [0.25, 0.3) is 0 Å². The topological polar surface area (TPSA) is 52.3 Å². The molecule has 24 heavy (non-hydrogen) atoms. The van der Waals surface area contributed by atoms with Gasteiger partial charge in [0, 0.05) is 10.0 Å². The zero-order chi connectivity index (χ0) is 16.5. The normalized spacial score (nSPS) is 11.1. The summed E-state index contributed by atoms with van der Waals surface area (Å²) in [5, 5.41) is 13.9. The summed E-state index contributed by atoms with van der Waals surface area (Å²) in [5.41, 5.74) is 2.07. The second-order valence-electron chi connectivity index (χ2n) is 5.28. The monoisotopic (exact) mass is 400 g/mol. The van der Waals surface area contributed by atoms with Crippen molar-refractivity contribution in [2.75, 3.05) is 0 Å². The van der Waals surface area contributed by atoms with Crippen molar-refractivity contribution in [2.24, 2.45) is 0 Å². The van der Waals surface area contributed by atoms with Crippen molar-refractivity contribution in [2.45, 2.75) is 13.5 Å². The Balaban J connectivity index is 1.61. The smallest absolute Gasteiger partial charge is 0.235 e. The van der Waals surface area contributed by atoms with E-state index in [1.165, 1.54) is 11.3 Å². The number of hydrogen-bond acceptors (Lipinski definition) is 5. The first kappa shape index (κ1) is 15.3. The predicted molar refractivity (Wildman–Crippen MR) is 97.3 cm³/mol. The summed E-state index contributed by atoms with van der Waals surface area (Å²) in [4.78, 5) is 0.758. The SMILES string of the molecule is Cc1ccccc1OCc1nn2c(-c3cccc(Br)c3)nnc2s1. The lowest BCUT2D eigenvalue weighted by Gasteiger charge is -2.06. The van der Waals surface area contributed by atoms with Gasteiger partial charge in [0.15, 0.2) is 10.8 Å². The van der Waals surface area contributed by atoms with Crippen molar-refractivity contribution < 1.29 is 4.74 Å². The highest BCUT2D eigenvalue weighted by Gasteiger charge is 2.14. The molecular weight excluding hydrogens is 388 g/mol. The molecule has 4 rings (SSSR count). The molecule has 0 saturated carbocycles. The van der Waals surface area contributed by atoms with Crippen LogP contribution in [0.3, 0.4) is 0 Å². The molecular formula is C17H13BrN4OS. The van der Waals surface area contributed by atoms with Gasteiger partial charge >= 0.3 is 0 Å². The minimum atomic E-state index is 0.413. The van der Waals surface area contributed by atoms with Gasteiger partial charge < -0.3 is 4.74 Å². The Kier molecular flexibility index (Phi) is 4.03. The molecule has 0 spiro atoms. The number of nitrogens with zero attached hydrogens (tertiary/aromatic N) is 4. The Bertz CT molecular complexity index is 1010. The van der Waals surface area contributed by atoms with Gasteiger partial charge in [-0.05, 0) is 30.7 Å². The maximum atomic E-state index is 5.87. The highest BCUT2D eigenvalue weighted by Crippen LogP contribution is 2.25. The fraction of sp³-hybridized carbons (Fsp3) is 0.118. The molecule has 2 aromatic heterocycles. The second-order valence-corrected chi connectivity index (χ2v) is 7.23. The number of para-hydroxylation sites is 1. The van der Waals surface area contributed by atoms with Gasteiger partial charge in [0.2, 0.25) is 4.96 Å². The fourth-order valence-electron chi connectivity index (χ4n) is 2.38. The van der Waals surface area contributed by atoms with Crippen LogP contribution in [0.2, 0.25) is 0 Å². The molecule has 0 N–H and O–H groups in total. The Labute approximate surface area is 151 Å². The summed E-state index contributed by atoms with van der Waals surface area (Å²) in [6.45, 7) is 2.44. The number of fused-ring (bicyclic) bond motifs is 1. The lowest BCUT2D eigenvalue weighted by atomic mass is 10.2. The van der Waals surface area contributed by atoms with Crippen molar-refractivity contribution >= 4 is 32.2 Å². The number of aromatic nitrogens is 4. The largest absolute Gasteiger partial charge is 0.486 e. The molecule has 0 saturated heterocycles. The number of hydrogen-bond donors (Lipinski definition) is 0. The molecule has 0 aliphatic heterocycles. The summed E-state index contributed by atoms with van der Waals surface area (Å²) >= 11 is 4.96. The zero-order valence-corrected chi connectivity index (χ0v) is 15.2. The maximum Gasteiger partial charge on any atom is 0.235 e. The number of aryl methyl sites for hydroxylation is 1. The molecule has 0 unspecified atom stereocenters. The molecule has 2 aromatic carbocycles. The van der Waals surface area contributed by atoms with E-state index in [4.69, 9.17) is 4.74 Å². The van der Waals surface area contributed by atoms with Crippen LogP contribution >= 0.6 is 27.3 Å². The van der Waals surface area contributed by atoms with Crippen LogP contribution in [0.4, 0.5) is 0 Å². The highest BCUT2D eigenvalue weighted by molar-refractivity contribution is 9.10. The lowest BCUT2D eigenvalue weighted by Crippen LogP contribution is -1.98. The lowest BCUT2D eigenvalue weighted by molar-refractivity contribution is 0.302. The number of halogens is 1. The molecule has 0 aliphatic carbocycles. The minimum Gasteiger partial charge on any atom is -0.486 e. The molecule has 7 heteroatoms. The van der Waals surface area contributed by atoms with Crippen LogP contribution in [0, 0.1) is 6.92 Å². The quantitative estimate of drug-likeness (QED) is 0.505. The van der Waals surface area contributed by atoms with Gasteiger partial charge in [-0.3, -0.25) is 0 Å². The standard InChI is InChI=1S/C17H13BrN4OS/c1-11-5-2-3-8-14(11)23-10-15-21-22-16(19-20-17(22)24-15)12-6-4-7-13(18)9-12/h2-9H,10H2,1H3. The summed E-state index contributed by atoms with van der Waals surface area (Å²) < 4.78 is 8.63. The molecule has 2 heterocycles. The van der Waals surface area contributed by atoms with E-state index in [2.05, 4.69) is 31.2 Å². The first-order chi connectivity index (χ1) is 11.7. The third-order valence-electron chi connectivity index (χ3n) is 3.56. The number of rotatable bonds is 4. The third-order valence-corrected chi connectivity index (χ3v) is 4.93. The van der Waals surface area contributed by atoms with Crippen LogP contribution in [0.1, 0.15) is 10.6 Å². The van der Waals surface area contributed by atoms with Gasteiger partial charge in [-0.25, -0.2) is 0 Å². The molecule has 0 aliphatic rings. The van der Waals surface area contributed by atoms with Gasteiger partial charge in [0.05, 0.1) is 0 Å². The highest BCUT2D eigenvalue weighted by atomic mass is 79.9. The molecule has 0 radical (unpaired) electrons. The third kappa shape index (κ3) is 2.92. The average molecular weight is 401 g/mol. The summed E-state index contributed by atoms with van der Waals surface area (Å²) in [6.07, 6.45) is 0. The Morgan fingerprint density at radius 2 is 2.00 bits per heavy atom. The Morgan fingerprint density at radius 1 is 1.12 bits per heavy atom. The molecule has 120 valence electrons. The van der Waals surface area contributed by atoms with Crippen LogP contribution in [0.5, 0.6) is 5.75 Å². The van der Waals surface area contributed by atoms with E-state index in [9.17, 15) is 0 Å². The van der Waals surface area contributed by atoms with Crippen LogP contribution in [0.25, 0.3) is 16.3 Å². The summed E-state index contributed by atoms with van der Waals surface area (Å²) in [7, 11) is 0.